The van der Waals surface area contributed by atoms with E-state index < -0.39 is 14.2 Å². The molecule has 0 aromatic heterocycles. The van der Waals surface area contributed by atoms with Crippen LogP contribution in [0.1, 0.15) is 6.92 Å². The molecular weight excluding hydrogens is 140 g/mol. The maximum absolute atomic E-state index is 8.79. The molecule has 0 aliphatic rings. The summed E-state index contributed by atoms with van der Waals surface area (Å²) in [6.45, 7) is 8.49. The first-order valence-electron chi connectivity index (χ1n) is 3.58. The SMILES string of the molecule is CC(O)C#CC[Si](C)(C)C. The molecule has 10 heavy (non-hydrogen) atoms. The third-order valence-electron chi connectivity index (χ3n) is 0.930. The van der Waals surface area contributed by atoms with Crippen LogP contribution >= 0.6 is 0 Å². The van der Waals surface area contributed by atoms with Crippen molar-refractivity contribution in [3.63, 3.8) is 0 Å². The summed E-state index contributed by atoms with van der Waals surface area (Å²) >= 11 is 0. The molecule has 0 bridgehead atoms. The molecule has 0 aromatic rings. The van der Waals surface area contributed by atoms with Crippen molar-refractivity contribution in [2.75, 3.05) is 0 Å². The lowest BCUT2D eigenvalue weighted by Crippen LogP contribution is -2.17. The van der Waals surface area contributed by atoms with Crippen LogP contribution in [0.3, 0.4) is 0 Å². The van der Waals surface area contributed by atoms with Crippen LogP contribution in [0.15, 0.2) is 0 Å². The summed E-state index contributed by atoms with van der Waals surface area (Å²) in [5.74, 6) is 5.73. The molecule has 0 aliphatic carbocycles. The van der Waals surface area contributed by atoms with E-state index in [0.29, 0.717) is 0 Å². The van der Waals surface area contributed by atoms with Gasteiger partial charge in [0.15, 0.2) is 0 Å². The van der Waals surface area contributed by atoms with Crippen LogP contribution in [0.2, 0.25) is 25.7 Å². The van der Waals surface area contributed by atoms with Crippen LogP contribution in [-0.2, 0) is 0 Å². The second-order valence-electron chi connectivity index (χ2n) is 3.73. The first-order valence-corrected chi connectivity index (χ1v) is 7.29. The molecule has 0 spiro atoms. The molecule has 0 aliphatic heterocycles. The average molecular weight is 156 g/mol. The van der Waals surface area contributed by atoms with Gasteiger partial charge in [0.25, 0.3) is 0 Å². The summed E-state index contributed by atoms with van der Waals surface area (Å²) in [6.07, 6.45) is -0.462. The van der Waals surface area contributed by atoms with Crippen molar-refractivity contribution >= 4 is 8.07 Å². The van der Waals surface area contributed by atoms with Gasteiger partial charge in [-0.05, 0) is 6.92 Å². The van der Waals surface area contributed by atoms with Gasteiger partial charge in [-0.15, -0.1) is 5.92 Å². The molecule has 1 N–H and O–H groups in total. The van der Waals surface area contributed by atoms with Crippen LogP contribution < -0.4 is 0 Å². The molecule has 58 valence electrons. The van der Waals surface area contributed by atoms with Gasteiger partial charge in [0, 0.05) is 6.04 Å². The minimum atomic E-state index is -1.01. The summed E-state index contributed by atoms with van der Waals surface area (Å²) in [7, 11) is -1.01. The fourth-order valence-electron chi connectivity index (χ4n) is 0.464. The summed E-state index contributed by atoms with van der Waals surface area (Å²) < 4.78 is 0. The van der Waals surface area contributed by atoms with Gasteiger partial charge in [0.1, 0.15) is 6.10 Å². The highest BCUT2D eigenvalue weighted by atomic mass is 28.3. The smallest absolute Gasteiger partial charge is 0.111 e. The number of hydrogen-bond acceptors (Lipinski definition) is 1. The van der Waals surface area contributed by atoms with Gasteiger partial charge >= 0.3 is 0 Å². The maximum atomic E-state index is 8.79. The number of aliphatic hydroxyl groups excluding tert-OH is 1. The van der Waals surface area contributed by atoms with E-state index in [1.165, 1.54) is 0 Å². The monoisotopic (exact) mass is 156 g/mol. The van der Waals surface area contributed by atoms with Crippen molar-refractivity contribution in [2.45, 2.75) is 38.7 Å². The van der Waals surface area contributed by atoms with E-state index in [9.17, 15) is 0 Å². The Kier molecular flexibility index (Phi) is 3.70. The Labute approximate surface area is 64.5 Å². The first-order chi connectivity index (χ1) is 4.42. The predicted molar refractivity (Wildman–Crippen MR) is 47.6 cm³/mol. The van der Waals surface area contributed by atoms with E-state index in [0.717, 1.165) is 6.04 Å². The molecular formula is C8H16OSi. The maximum Gasteiger partial charge on any atom is 0.111 e. The van der Waals surface area contributed by atoms with Crippen molar-refractivity contribution in [1.82, 2.24) is 0 Å². The van der Waals surface area contributed by atoms with E-state index in [1.54, 1.807) is 6.92 Å². The lowest BCUT2D eigenvalue weighted by atomic mass is 10.4. The zero-order chi connectivity index (χ0) is 8.20. The Morgan fingerprint density at radius 3 is 2.20 bits per heavy atom. The second kappa shape index (κ2) is 3.80. The highest BCUT2D eigenvalue weighted by molar-refractivity contribution is 6.76. The summed E-state index contributed by atoms with van der Waals surface area (Å²) in [5.41, 5.74) is 0. The molecule has 1 atom stereocenters. The zero-order valence-electron chi connectivity index (χ0n) is 7.23. The molecule has 0 saturated heterocycles. The van der Waals surface area contributed by atoms with Gasteiger partial charge < -0.3 is 5.11 Å². The quantitative estimate of drug-likeness (QED) is 0.452. The number of rotatable bonds is 1. The van der Waals surface area contributed by atoms with Gasteiger partial charge in [-0.1, -0.05) is 25.6 Å². The standard InChI is InChI=1S/C8H16OSi/c1-8(9)6-5-7-10(2,3)4/h8-9H,7H2,1-4H3. The fraction of sp³-hybridized carbons (Fsp3) is 0.750. The molecule has 1 unspecified atom stereocenters. The van der Waals surface area contributed by atoms with Crippen LogP contribution in [0.4, 0.5) is 0 Å². The van der Waals surface area contributed by atoms with Crippen molar-refractivity contribution in [3.05, 3.63) is 0 Å². The Bertz CT molecular complexity index is 145. The molecule has 0 saturated carbocycles. The Morgan fingerprint density at radius 2 is 1.90 bits per heavy atom. The topological polar surface area (TPSA) is 20.2 Å². The van der Waals surface area contributed by atoms with Gasteiger partial charge in [-0.25, -0.2) is 0 Å². The largest absolute Gasteiger partial charge is 0.381 e. The predicted octanol–water partition coefficient (Wildman–Crippen LogP) is 1.71. The summed E-state index contributed by atoms with van der Waals surface area (Å²) in [5, 5.41) is 8.79. The number of aliphatic hydroxyl groups is 1. The molecule has 0 heterocycles. The zero-order valence-corrected chi connectivity index (χ0v) is 8.23. The van der Waals surface area contributed by atoms with Crippen molar-refractivity contribution in [2.24, 2.45) is 0 Å². The third kappa shape index (κ3) is 7.74. The summed E-state index contributed by atoms with van der Waals surface area (Å²) in [4.78, 5) is 0. The summed E-state index contributed by atoms with van der Waals surface area (Å²) in [6, 6.07) is 0.984. The second-order valence-corrected chi connectivity index (χ2v) is 9.21. The highest BCUT2D eigenvalue weighted by Crippen LogP contribution is 2.05. The van der Waals surface area contributed by atoms with Gasteiger partial charge in [0.05, 0.1) is 8.07 Å². The number of hydrogen-bond donors (Lipinski definition) is 1. The lowest BCUT2D eigenvalue weighted by Gasteiger charge is -2.09. The van der Waals surface area contributed by atoms with Gasteiger partial charge in [-0.3, -0.25) is 0 Å². The molecule has 0 aromatic carbocycles. The molecule has 0 rings (SSSR count). The van der Waals surface area contributed by atoms with Crippen LogP contribution in [0.25, 0.3) is 0 Å². The van der Waals surface area contributed by atoms with Gasteiger partial charge in [-0.2, -0.15) is 0 Å². The van der Waals surface area contributed by atoms with Crippen LogP contribution in [-0.4, -0.2) is 19.3 Å². The lowest BCUT2D eigenvalue weighted by molar-refractivity contribution is 0.253. The van der Waals surface area contributed by atoms with Crippen molar-refractivity contribution < 1.29 is 5.11 Å². The minimum Gasteiger partial charge on any atom is -0.381 e. The van der Waals surface area contributed by atoms with E-state index in [-0.39, 0.29) is 0 Å². The fourth-order valence-corrected chi connectivity index (χ4v) is 1.10. The molecule has 0 fully saturated rings. The minimum absolute atomic E-state index is 0.462. The van der Waals surface area contributed by atoms with Crippen LogP contribution in [0, 0.1) is 11.8 Å². The van der Waals surface area contributed by atoms with Crippen LogP contribution in [0.5, 0.6) is 0 Å². The van der Waals surface area contributed by atoms with Crippen molar-refractivity contribution in [3.8, 4) is 11.8 Å². The molecule has 0 amide bonds. The van der Waals surface area contributed by atoms with Gasteiger partial charge in [0.2, 0.25) is 0 Å². The first kappa shape index (κ1) is 9.74. The molecule has 2 heteroatoms. The van der Waals surface area contributed by atoms with E-state index in [2.05, 4.69) is 31.5 Å². The Morgan fingerprint density at radius 1 is 1.40 bits per heavy atom. The molecule has 0 radical (unpaired) electrons. The Balaban J connectivity index is 3.67. The Hall–Kier alpha value is -0.263. The van der Waals surface area contributed by atoms with E-state index in [1.807, 2.05) is 0 Å². The van der Waals surface area contributed by atoms with E-state index in [4.69, 9.17) is 5.11 Å². The average Bonchev–Trinajstić information content (AvgIpc) is 1.59. The highest BCUT2D eigenvalue weighted by Gasteiger charge is 2.09. The normalized spacial score (nSPS) is 13.7. The van der Waals surface area contributed by atoms with Crippen molar-refractivity contribution in [1.29, 1.82) is 0 Å². The third-order valence-corrected chi connectivity index (χ3v) is 2.17. The van der Waals surface area contributed by atoms with E-state index >= 15 is 0 Å². The molecule has 1 nitrogen and oxygen atoms in total.